The zero-order chi connectivity index (χ0) is 8.65. The van der Waals surface area contributed by atoms with E-state index in [9.17, 15) is 4.79 Å². The van der Waals surface area contributed by atoms with Crippen molar-refractivity contribution < 1.29 is 4.79 Å². The van der Waals surface area contributed by atoms with Crippen LogP contribution in [-0.2, 0) is 4.79 Å². The largest absolute Gasteiger partial charge is 0.350 e. The summed E-state index contributed by atoms with van der Waals surface area (Å²) >= 11 is 0. The second-order valence-electron chi connectivity index (χ2n) is 4.17. The summed E-state index contributed by atoms with van der Waals surface area (Å²) in [5.74, 6) is 0.118. The Morgan fingerprint density at radius 3 is 2.18 bits per heavy atom. The average molecular weight is 156 g/mol. The van der Waals surface area contributed by atoms with E-state index in [2.05, 4.69) is 31.4 Å². The van der Waals surface area contributed by atoms with Gasteiger partial charge in [-0.1, -0.05) is 0 Å². The van der Waals surface area contributed by atoms with E-state index in [-0.39, 0.29) is 23.5 Å². The number of nitrogens with one attached hydrogen (secondary N) is 2. The van der Waals surface area contributed by atoms with E-state index >= 15 is 0 Å². The molecule has 1 aliphatic rings. The van der Waals surface area contributed by atoms with Crippen molar-refractivity contribution in [1.29, 1.82) is 0 Å². The Morgan fingerprint density at radius 2 is 2.00 bits per heavy atom. The first-order valence-electron chi connectivity index (χ1n) is 3.98. The summed E-state index contributed by atoms with van der Waals surface area (Å²) in [5, 5.41) is 6.02. The molecule has 0 spiro atoms. The minimum Gasteiger partial charge on any atom is -0.350 e. The number of hydrogen-bond donors (Lipinski definition) is 2. The molecule has 1 aliphatic heterocycles. The van der Waals surface area contributed by atoms with Gasteiger partial charge in [0.1, 0.15) is 6.04 Å². The standard InChI is InChI=1S/C8H16N2O/c1-5-6(7(11)9-5)10-8(2,3)4/h5-6,10H,1-4H3,(H,9,11)/t5-,6+/m0/s1. The summed E-state index contributed by atoms with van der Waals surface area (Å²) in [7, 11) is 0. The second kappa shape index (κ2) is 2.48. The van der Waals surface area contributed by atoms with Crippen LogP contribution in [0.25, 0.3) is 0 Å². The van der Waals surface area contributed by atoms with Gasteiger partial charge >= 0.3 is 0 Å². The zero-order valence-corrected chi connectivity index (χ0v) is 7.56. The molecule has 0 bridgehead atoms. The second-order valence-corrected chi connectivity index (χ2v) is 4.17. The van der Waals surface area contributed by atoms with Gasteiger partial charge in [-0.25, -0.2) is 0 Å². The van der Waals surface area contributed by atoms with E-state index < -0.39 is 0 Å². The lowest BCUT2D eigenvalue weighted by atomic mass is 9.97. The minimum absolute atomic E-state index is 0.00926. The van der Waals surface area contributed by atoms with Crippen LogP contribution in [0.3, 0.4) is 0 Å². The molecule has 2 atom stereocenters. The van der Waals surface area contributed by atoms with Crippen molar-refractivity contribution in [2.45, 2.75) is 45.3 Å². The fourth-order valence-corrected chi connectivity index (χ4v) is 1.19. The van der Waals surface area contributed by atoms with Crippen molar-refractivity contribution in [3.63, 3.8) is 0 Å². The molecule has 0 radical (unpaired) electrons. The van der Waals surface area contributed by atoms with Crippen LogP contribution in [0.5, 0.6) is 0 Å². The molecule has 0 aliphatic carbocycles. The van der Waals surface area contributed by atoms with Crippen LogP contribution in [0.4, 0.5) is 0 Å². The Balaban J connectivity index is 2.43. The van der Waals surface area contributed by atoms with Crippen molar-refractivity contribution in [2.75, 3.05) is 0 Å². The highest BCUT2D eigenvalue weighted by atomic mass is 16.2. The van der Waals surface area contributed by atoms with Crippen molar-refractivity contribution in [3.8, 4) is 0 Å². The quantitative estimate of drug-likeness (QED) is 0.535. The lowest BCUT2D eigenvalue weighted by Gasteiger charge is -2.39. The number of hydrogen-bond acceptors (Lipinski definition) is 2. The maximum atomic E-state index is 10.9. The van der Waals surface area contributed by atoms with Crippen molar-refractivity contribution in [3.05, 3.63) is 0 Å². The van der Waals surface area contributed by atoms with Gasteiger partial charge in [-0.15, -0.1) is 0 Å². The monoisotopic (exact) mass is 156 g/mol. The molecule has 64 valence electrons. The van der Waals surface area contributed by atoms with Gasteiger partial charge in [-0.2, -0.15) is 0 Å². The first-order chi connectivity index (χ1) is 4.90. The predicted octanol–water partition coefficient (Wildman–Crippen LogP) is 0.261. The molecule has 1 amide bonds. The van der Waals surface area contributed by atoms with E-state index in [1.807, 2.05) is 6.92 Å². The molecule has 2 N–H and O–H groups in total. The molecule has 0 aromatic heterocycles. The number of amides is 1. The summed E-state index contributed by atoms with van der Waals surface area (Å²) in [5.41, 5.74) is 0.0245. The summed E-state index contributed by atoms with van der Waals surface area (Å²) in [6, 6.07) is 0.289. The topological polar surface area (TPSA) is 41.1 Å². The Bertz CT molecular complexity index is 171. The molecule has 1 saturated heterocycles. The van der Waals surface area contributed by atoms with Crippen molar-refractivity contribution in [2.24, 2.45) is 0 Å². The van der Waals surface area contributed by atoms with Gasteiger partial charge in [0.05, 0.1) is 6.04 Å². The number of carbonyl (C=O) groups excluding carboxylic acids is 1. The maximum Gasteiger partial charge on any atom is 0.239 e. The summed E-state index contributed by atoms with van der Waals surface area (Å²) < 4.78 is 0. The molecule has 11 heavy (non-hydrogen) atoms. The Labute approximate surface area is 67.5 Å². The van der Waals surface area contributed by atoms with Crippen molar-refractivity contribution >= 4 is 5.91 Å². The van der Waals surface area contributed by atoms with E-state index in [0.29, 0.717) is 0 Å². The van der Waals surface area contributed by atoms with E-state index in [1.54, 1.807) is 0 Å². The lowest BCUT2D eigenvalue weighted by molar-refractivity contribution is -0.131. The van der Waals surface area contributed by atoms with Gasteiger partial charge in [0.2, 0.25) is 5.91 Å². The van der Waals surface area contributed by atoms with Gasteiger partial charge in [-0.05, 0) is 27.7 Å². The third kappa shape index (κ3) is 1.93. The predicted molar refractivity (Wildman–Crippen MR) is 44.3 cm³/mol. The fourth-order valence-electron chi connectivity index (χ4n) is 1.19. The third-order valence-corrected chi connectivity index (χ3v) is 1.74. The smallest absolute Gasteiger partial charge is 0.239 e. The highest BCUT2D eigenvalue weighted by Crippen LogP contribution is 2.10. The molecule has 0 aromatic carbocycles. The van der Waals surface area contributed by atoms with Crippen LogP contribution in [-0.4, -0.2) is 23.5 Å². The molecular formula is C8H16N2O. The number of β-lactam (4-membered cyclic amide) rings is 1. The zero-order valence-electron chi connectivity index (χ0n) is 7.56. The molecule has 1 fully saturated rings. The van der Waals surface area contributed by atoms with Crippen LogP contribution >= 0.6 is 0 Å². The molecule has 1 rings (SSSR count). The van der Waals surface area contributed by atoms with Crippen LogP contribution < -0.4 is 10.6 Å². The van der Waals surface area contributed by atoms with Crippen LogP contribution in [0.1, 0.15) is 27.7 Å². The molecule has 0 aromatic rings. The van der Waals surface area contributed by atoms with Gasteiger partial charge in [0.15, 0.2) is 0 Å². The average Bonchev–Trinajstić information content (AvgIpc) is 1.83. The van der Waals surface area contributed by atoms with Gasteiger partial charge < -0.3 is 5.32 Å². The van der Waals surface area contributed by atoms with Crippen molar-refractivity contribution in [1.82, 2.24) is 10.6 Å². The molecule has 3 nitrogen and oxygen atoms in total. The van der Waals surface area contributed by atoms with E-state index in [4.69, 9.17) is 0 Å². The Morgan fingerprint density at radius 1 is 1.45 bits per heavy atom. The Kier molecular flexibility index (Phi) is 1.92. The number of rotatable bonds is 1. The molecular weight excluding hydrogens is 140 g/mol. The van der Waals surface area contributed by atoms with Crippen LogP contribution in [0, 0.1) is 0 Å². The molecule has 3 heteroatoms. The van der Waals surface area contributed by atoms with Gasteiger partial charge in [0, 0.05) is 5.54 Å². The maximum absolute atomic E-state index is 10.9. The number of carbonyl (C=O) groups is 1. The molecule has 0 saturated carbocycles. The summed E-state index contributed by atoms with van der Waals surface area (Å²) in [4.78, 5) is 10.9. The summed E-state index contributed by atoms with van der Waals surface area (Å²) in [6.45, 7) is 8.19. The third-order valence-electron chi connectivity index (χ3n) is 1.74. The highest BCUT2D eigenvalue weighted by Gasteiger charge is 2.37. The fraction of sp³-hybridized carbons (Fsp3) is 0.875. The molecule has 1 heterocycles. The van der Waals surface area contributed by atoms with Crippen LogP contribution in [0.15, 0.2) is 0 Å². The highest BCUT2D eigenvalue weighted by molar-refractivity contribution is 5.89. The lowest BCUT2D eigenvalue weighted by Crippen LogP contribution is -2.69. The first kappa shape index (κ1) is 8.53. The van der Waals surface area contributed by atoms with E-state index in [0.717, 1.165) is 0 Å². The normalized spacial score (nSPS) is 31.1. The SMILES string of the molecule is C[C@@H]1NC(=O)[C@@H]1NC(C)(C)C. The Hall–Kier alpha value is -0.570. The van der Waals surface area contributed by atoms with E-state index in [1.165, 1.54) is 0 Å². The molecule has 0 unspecified atom stereocenters. The van der Waals surface area contributed by atoms with Gasteiger partial charge in [0.25, 0.3) is 0 Å². The minimum atomic E-state index is 0.00926. The summed E-state index contributed by atoms with van der Waals surface area (Å²) in [6.07, 6.45) is 0. The first-order valence-corrected chi connectivity index (χ1v) is 3.98. The van der Waals surface area contributed by atoms with Gasteiger partial charge in [-0.3, -0.25) is 10.1 Å². The van der Waals surface area contributed by atoms with Crippen LogP contribution in [0.2, 0.25) is 0 Å².